The summed E-state index contributed by atoms with van der Waals surface area (Å²) in [5, 5.41) is 9.15. The van der Waals surface area contributed by atoms with E-state index in [2.05, 4.69) is 46.8 Å². The Morgan fingerprint density at radius 2 is 1.94 bits per heavy atom. The lowest BCUT2D eigenvalue weighted by Gasteiger charge is -2.57. The fourth-order valence-corrected chi connectivity index (χ4v) is 9.33. The Morgan fingerprint density at radius 3 is 2.62 bits per heavy atom. The van der Waals surface area contributed by atoms with Crippen molar-refractivity contribution in [3.05, 3.63) is 35.5 Å². The molecule has 5 rings (SSSR count). The summed E-state index contributed by atoms with van der Waals surface area (Å²) in [5.74, 6) is 0.841. The van der Waals surface area contributed by atoms with Gasteiger partial charge in [0.25, 0.3) is 0 Å². The topological polar surface area (TPSA) is 71.4 Å². The van der Waals surface area contributed by atoms with E-state index in [1.165, 1.54) is 5.57 Å². The third kappa shape index (κ3) is 2.63. The highest BCUT2D eigenvalue weighted by Crippen LogP contribution is 2.85. The lowest BCUT2D eigenvalue weighted by molar-refractivity contribution is -0.138. The Hall–Kier alpha value is -1.97. The highest BCUT2D eigenvalue weighted by atomic mass is 16.4. The van der Waals surface area contributed by atoms with Crippen molar-refractivity contribution in [2.24, 2.45) is 44.8 Å². The van der Waals surface area contributed by atoms with Crippen LogP contribution in [-0.4, -0.2) is 22.6 Å². The molecule has 0 aromatic rings. The first-order valence-electron chi connectivity index (χ1n) is 13.2. The van der Waals surface area contributed by atoms with Crippen molar-refractivity contribution < 1.29 is 19.5 Å². The summed E-state index contributed by atoms with van der Waals surface area (Å²) >= 11 is 0. The van der Waals surface area contributed by atoms with Gasteiger partial charge in [-0.25, -0.2) is 4.79 Å². The normalized spacial score (nSPS) is 45.0. The number of carboxylic acids is 1. The second kappa shape index (κ2) is 7.04. The number of allylic oxidation sites excluding steroid dienone is 5. The molecule has 7 atom stereocenters. The van der Waals surface area contributed by atoms with Crippen LogP contribution < -0.4 is 0 Å². The predicted molar refractivity (Wildman–Crippen MR) is 132 cm³/mol. The zero-order chi connectivity index (χ0) is 24.9. The van der Waals surface area contributed by atoms with Crippen molar-refractivity contribution in [1.82, 2.24) is 0 Å². The summed E-state index contributed by atoms with van der Waals surface area (Å²) in [5.41, 5.74) is 0.744. The zero-order valence-electron chi connectivity index (χ0n) is 21.7. The number of carboxylic acid groups (broad SMARTS) is 1. The molecule has 0 saturated heterocycles. The van der Waals surface area contributed by atoms with Gasteiger partial charge in [0, 0.05) is 22.8 Å². The lowest BCUT2D eigenvalue weighted by atomic mass is 9.45. The Kier molecular flexibility index (Phi) is 4.92. The summed E-state index contributed by atoms with van der Waals surface area (Å²) in [6, 6.07) is 0. The minimum Gasteiger partial charge on any atom is -0.478 e. The number of rotatable bonds is 5. The Balaban J connectivity index is 1.47. The Labute approximate surface area is 204 Å². The van der Waals surface area contributed by atoms with Crippen LogP contribution in [0.25, 0.3) is 0 Å². The highest BCUT2D eigenvalue weighted by Gasteiger charge is 2.83. The summed E-state index contributed by atoms with van der Waals surface area (Å²) in [4.78, 5) is 38.0. The lowest BCUT2D eigenvalue weighted by Crippen LogP contribution is -2.55. The summed E-state index contributed by atoms with van der Waals surface area (Å²) in [6.45, 7) is 12.9. The smallest absolute Gasteiger partial charge is 0.330 e. The number of hydrogen-bond acceptors (Lipinski definition) is 3. The molecule has 0 aromatic carbocycles. The van der Waals surface area contributed by atoms with Crippen molar-refractivity contribution in [1.29, 1.82) is 0 Å². The molecular weight excluding hydrogens is 424 g/mol. The molecule has 34 heavy (non-hydrogen) atoms. The second-order valence-corrected chi connectivity index (χ2v) is 13.2. The second-order valence-electron chi connectivity index (χ2n) is 13.2. The van der Waals surface area contributed by atoms with Gasteiger partial charge >= 0.3 is 5.97 Å². The third-order valence-corrected chi connectivity index (χ3v) is 11.6. The molecule has 5 aliphatic rings. The van der Waals surface area contributed by atoms with Crippen LogP contribution in [0.3, 0.4) is 0 Å². The molecular formula is C30H40O4. The number of carbonyl (C=O) groups excluding carboxylic acids is 2. The fraction of sp³-hybridized carbons (Fsp3) is 0.700. The van der Waals surface area contributed by atoms with Crippen LogP contribution in [0.1, 0.15) is 86.5 Å². The van der Waals surface area contributed by atoms with Crippen molar-refractivity contribution in [2.75, 3.05) is 0 Å². The average Bonchev–Trinajstić information content (AvgIpc) is 3.37. The van der Waals surface area contributed by atoms with Gasteiger partial charge in [0.2, 0.25) is 0 Å². The van der Waals surface area contributed by atoms with E-state index in [-0.39, 0.29) is 27.9 Å². The van der Waals surface area contributed by atoms with Gasteiger partial charge in [-0.1, -0.05) is 58.4 Å². The van der Waals surface area contributed by atoms with E-state index in [1.54, 1.807) is 13.0 Å². The van der Waals surface area contributed by atoms with Gasteiger partial charge in [-0.2, -0.15) is 0 Å². The maximum Gasteiger partial charge on any atom is 0.330 e. The molecule has 184 valence electrons. The standard InChI is InChI=1S/C30H40O4/c1-18(8-7-9-19(2)25(33)34)20-12-14-27(5)22-11-10-21-26(3,4)23(31)13-15-29(21)17-30(22,29)24(32)16-28(20,27)6/h9,11,13,15,18,20-21H,7-8,10,12,14,16-17H2,1-6H3,(H,33,34)/b19-9-/t18-,20-,21?,27+,28-,29-,30+/m1/s1. The van der Waals surface area contributed by atoms with Gasteiger partial charge in [-0.3, -0.25) is 9.59 Å². The van der Waals surface area contributed by atoms with Gasteiger partial charge in [0.15, 0.2) is 5.78 Å². The number of fused-ring (bicyclic) bond motifs is 2. The summed E-state index contributed by atoms with van der Waals surface area (Å²) in [7, 11) is 0. The number of hydrogen-bond donors (Lipinski definition) is 1. The molecule has 3 saturated carbocycles. The molecule has 5 aliphatic carbocycles. The molecule has 0 amide bonds. The highest BCUT2D eigenvalue weighted by molar-refractivity contribution is 6.01. The van der Waals surface area contributed by atoms with Gasteiger partial charge in [0.1, 0.15) is 5.78 Å². The van der Waals surface area contributed by atoms with Crippen molar-refractivity contribution in [3.63, 3.8) is 0 Å². The van der Waals surface area contributed by atoms with Crippen LogP contribution in [0.4, 0.5) is 0 Å². The number of ketones is 2. The minimum absolute atomic E-state index is 0.000562. The largest absolute Gasteiger partial charge is 0.478 e. The van der Waals surface area contributed by atoms with Crippen molar-refractivity contribution in [2.45, 2.75) is 86.5 Å². The van der Waals surface area contributed by atoms with Gasteiger partial charge in [0.05, 0.1) is 5.41 Å². The van der Waals surface area contributed by atoms with Crippen molar-refractivity contribution in [3.8, 4) is 0 Å². The van der Waals surface area contributed by atoms with Crippen LogP contribution in [0.5, 0.6) is 0 Å². The maximum atomic E-state index is 14.1. The molecule has 4 nitrogen and oxygen atoms in total. The van der Waals surface area contributed by atoms with E-state index in [4.69, 9.17) is 5.11 Å². The molecule has 3 fully saturated rings. The SMILES string of the molecule is C/C(=C/CC[C@@H](C)[C@H]1CC[C@@]2(C)C3=CCC4C(C)(C)C(=O)C=C[C@@]45C[C@@]35C(=O)C[C@]12C)C(=O)O. The van der Waals surface area contributed by atoms with E-state index < -0.39 is 16.8 Å². The molecule has 0 radical (unpaired) electrons. The van der Waals surface area contributed by atoms with E-state index >= 15 is 0 Å². The molecule has 4 heteroatoms. The number of carbonyl (C=O) groups is 3. The van der Waals surface area contributed by atoms with Gasteiger partial charge in [-0.05, 0) is 80.1 Å². The maximum absolute atomic E-state index is 14.1. The Morgan fingerprint density at radius 1 is 1.24 bits per heavy atom. The predicted octanol–water partition coefficient (Wildman–Crippen LogP) is 6.32. The average molecular weight is 465 g/mol. The monoisotopic (exact) mass is 464 g/mol. The number of aliphatic carboxylic acids is 1. The third-order valence-electron chi connectivity index (χ3n) is 11.6. The molecule has 0 aliphatic heterocycles. The van der Waals surface area contributed by atoms with Crippen LogP contribution in [0.2, 0.25) is 0 Å². The van der Waals surface area contributed by atoms with Crippen LogP contribution in [0, 0.1) is 44.8 Å². The van der Waals surface area contributed by atoms with Crippen molar-refractivity contribution >= 4 is 17.5 Å². The summed E-state index contributed by atoms with van der Waals surface area (Å²) < 4.78 is 0. The van der Waals surface area contributed by atoms with E-state index in [0.29, 0.717) is 29.6 Å². The van der Waals surface area contributed by atoms with Crippen LogP contribution in [-0.2, 0) is 14.4 Å². The first-order valence-corrected chi connectivity index (χ1v) is 13.2. The molecule has 0 aromatic heterocycles. The number of Topliss-reactive ketones (excluding diaryl/α,β-unsaturated/α-hetero) is 1. The molecule has 1 N–H and O–H groups in total. The fourth-order valence-electron chi connectivity index (χ4n) is 9.33. The van der Waals surface area contributed by atoms with Crippen LogP contribution in [0.15, 0.2) is 35.5 Å². The van der Waals surface area contributed by atoms with Gasteiger partial charge in [-0.15, -0.1) is 0 Å². The molecule has 0 heterocycles. The molecule has 2 spiro atoms. The Bertz CT molecular complexity index is 1080. The van der Waals surface area contributed by atoms with E-state index in [1.807, 2.05) is 6.08 Å². The quantitative estimate of drug-likeness (QED) is 0.382. The zero-order valence-corrected chi connectivity index (χ0v) is 21.7. The van der Waals surface area contributed by atoms with E-state index in [9.17, 15) is 14.4 Å². The molecule has 1 unspecified atom stereocenters. The van der Waals surface area contributed by atoms with Gasteiger partial charge < -0.3 is 5.11 Å². The van der Waals surface area contributed by atoms with Crippen LogP contribution >= 0.6 is 0 Å². The first-order chi connectivity index (χ1) is 15.8. The minimum atomic E-state index is -0.848. The van der Waals surface area contributed by atoms with E-state index in [0.717, 1.165) is 38.5 Å². The first kappa shape index (κ1) is 23.8. The summed E-state index contributed by atoms with van der Waals surface area (Å²) in [6.07, 6.45) is 14.5. The molecule has 0 bridgehead atoms.